The van der Waals surface area contributed by atoms with Gasteiger partial charge >= 0.3 is 24.1 Å². The number of amides is 8. The van der Waals surface area contributed by atoms with Crippen molar-refractivity contribution in [2.75, 3.05) is 56.3 Å². The van der Waals surface area contributed by atoms with E-state index in [2.05, 4.69) is 122 Å². The average Bonchev–Trinajstić information content (AvgIpc) is 1.64. The van der Waals surface area contributed by atoms with E-state index < -0.39 is 0 Å². The van der Waals surface area contributed by atoms with Gasteiger partial charge < -0.3 is 45.0 Å². The predicted molar refractivity (Wildman–Crippen MR) is 576 cm³/mol. The number of methoxy groups -OCH3 is 4. The third-order valence-electron chi connectivity index (χ3n) is 27.4. The van der Waals surface area contributed by atoms with Crippen molar-refractivity contribution in [2.45, 2.75) is 189 Å². The quantitative estimate of drug-likeness (QED) is 0.0186. The maximum atomic E-state index is 13.3. The molecule has 148 heavy (non-hydrogen) atoms. The van der Waals surface area contributed by atoms with Gasteiger partial charge in [0, 0.05) is 155 Å². The van der Waals surface area contributed by atoms with Crippen LogP contribution in [0, 0.1) is 47.5 Å². The molecule has 0 spiro atoms. The number of rotatable bonds is 34. The van der Waals surface area contributed by atoms with E-state index >= 15 is 0 Å². The Labute approximate surface area is 863 Å². The van der Waals surface area contributed by atoms with Crippen LogP contribution in [-0.4, -0.2) is 133 Å². The van der Waals surface area contributed by atoms with Gasteiger partial charge in [-0.15, -0.1) is 0 Å². The Morgan fingerprint density at radius 1 is 0.365 bits per heavy atom. The summed E-state index contributed by atoms with van der Waals surface area (Å²) >= 11 is 0. The first kappa shape index (κ1) is 103. The Bertz CT molecular complexity index is 7220. The molecule has 8 aromatic heterocycles. The van der Waals surface area contributed by atoms with Crippen LogP contribution in [0.4, 0.5) is 42.4 Å². The second-order valence-corrected chi connectivity index (χ2v) is 38.3. The monoisotopic (exact) mass is 1990 g/mol. The first-order chi connectivity index (χ1) is 72.0. The largest absolute Gasteiger partial charge is 0.493 e. The molecule has 32 heteroatoms. The van der Waals surface area contributed by atoms with Crippen LogP contribution in [0.5, 0.6) is 5.75 Å². The molecule has 8 heterocycles. The molecule has 0 saturated heterocycles. The van der Waals surface area contributed by atoms with Crippen LogP contribution in [0.15, 0.2) is 250 Å². The van der Waals surface area contributed by atoms with Gasteiger partial charge in [-0.05, 0) is 252 Å². The number of carbonyl (C=O) groups excluding carboxylic acids is 4. The summed E-state index contributed by atoms with van der Waals surface area (Å²) in [4.78, 5) is 65.8. The van der Waals surface area contributed by atoms with Crippen LogP contribution >= 0.6 is 0 Å². The van der Waals surface area contributed by atoms with E-state index in [0.29, 0.717) is 105 Å². The van der Waals surface area contributed by atoms with Gasteiger partial charge in [0.15, 0.2) is 0 Å². The maximum absolute atomic E-state index is 13.3. The van der Waals surface area contributed by atoms with Crippen LogP contribution < -0.4 is 47.3 Å². The zero-order valence-corrected chi connectivity index (χ0v) is 86.4. The van der Waals surface area contributed by atoms with Gasteiger partial charge in [0.05, 0.1) is 73.4 Å². The van der Waals surface area contributed by atoms with Gasteiger partial charge in [0.1, 0.15) is 51.9 Å². The summed E-state index contributed by atoms with van der Waals surface area (Å²) in [7, 11) is 10.5. The van der Waals surface area contributed by atoms with Crippen LogP contribution in [0.1, 0.15) is 196 Å². The van der Waals surface area contributed by atoms with Crippen LogP contribution in [-0.2, 0) is 79.0 Å². The summed E-state index contributed by atoms with van der Waals surface area (Å²) in [6.45, 7) is 17.6. The second kappa shape index (κ2) is 48.8. The van der Waals surface area contributed by atoms with Crippen molar-refractivity contribution in [3.63, 3.8) is 0 Å². The number of hydrogen-bond donors (Lipinski definition) is 8. The van der Waals surface area contributed by atoms with Crippen molar-refractivity contribution in [1.82, 2.24) is 94.9 Å². The van der Waals surface area contributed by atoms with E-state index in [9.17, 15) is 19.2 Å². The molecule has 8 N–H and O–H groups in total. The number of benzene rings is 8. The van der Waals surface area contributed by atoms with E-state index in [0.717, 1.165) is 146 Å². The van der Waals surface area contributed by atoms with Crippen LogP contribution in [0.2, 0.25) is 0 Å². The van der Waals surface area contributed by atoms with E-state index in [1.54, 1.807) is 81.3 Å². The Morgan fingerprint density at radius 3 is 1.07 bits per heavy atom. The minimum Gasteiger partial charge on any atom is -0.493 e. The lowest BCUT2D eigenvalue weighted by Gasteiger charge is -2.29. The van der Waals surface area contributed by atoms with Gasteiger partial charge in [-0.1, -0.05) is 153 Å². The van der Waals surface area contributed by atoms with Gasteiger partial charge in [0.2, 0.25) is 0 Å². The molecule has 16 aromatic rings. The smallest absolute Gasteiger partial charge is 0.320 e. The normalized spacial score (nSPS) is 13.4. The Balaban J connectivity index is 0.000000135. The number of carbonyl (C=O) groups is 4. The van der Waals surface area contributed by atoms with E-state index in [-0.39, 0.29) is 30.2 Å². The number of hydrogen-bond acceptors (Lipinski definition) is 18. The topological polar surface area (TPSA) is 356 Å². The molecule has 1 atom stereocenters. The van der Waals surface area contributed by atoms with Gasteiger partial charge in [-0.3, -0.25) is 35.6 Å². The molecule has 8 amide bonds. The number of urea groups is 4. The highest BCUT2D eigenvalue weighted by molar-refractivity contribution is 5.94. The van der Waals surface area contributed by atoms with Gasteiger partial charge in [-0.25, -0.2) is 47.9 Å². The molecule has 20 rings (SSSR count). The minimum absolute atomic E-state index is 0.00920. The van der Waals surface area contributed by atoms with E-state index in [4.69, 9.17) is 44.1 Å². The molecule has 8 aromatic carbocycles. The molecular formula is C116H131N23O9. The molecule has 4 aliphatic carbocycles. The number of nitrogens with one attached hydrogen (secondary N) is 8. The van der Waals surface area contributed by atoms with Crippen molar-refractivity contribution in [3.05, 3.63) is 345 Å². The highest BCUT2D eigenvalue weighted by Gasteiger charge is 2.32. The SMILES string of the molecule is COC(C)c1ccc(C2CCC2)c(CNC(=O)Nc2c(C)c(-c3cnc(C)nc3)nn2-c2ccccc2)c1.COCc1ccc(C2CC2)c(CNC(=O)Nc2c(C)c(-c3cnn(C)c3)nn2-c2ccccc2)c1.COCc1ccc(C2CCCC2)c(CNC(=O)Nc2c(C)c(-c3ccc(C)nc3)nn2-c2ccccc2)c1.COCc1ccc(OCC2CC2)c(CNC(=O)Nc2c(C)c(-c3cnn(C)c3)nn2-c2ccccc2)c1. The fourth-order valence-electron chi connectivity index (χ4n) is 18.7. The predicted octanol–water partition coefficient (Wildman–Crippen LogP) is 22.7. The highest BCUT2D eigenvalue weighted by atomic mass is 16.5. The first-order valence-corrected chi connectivity index (χ1v) is 50.6. The third-order valence-corrected chi connectivity index (χ3v) is 27.4. The molecule has 0 bridgehead atoms. The molecule has 1 unspecified atom stereocenters. The highest BCUT2D eigenvalue weighted by Crippen LogP contribution is 2.44. The lowest BCUT2D eigenvalue weighted by molar-refractivity contribution is 0.119. The molecule has 32 nitrogen and oxygen atoms in total. The summed E-state index contributed by atoms with van der Waals surface area (Å²) < 4.78 is 38.1. The maximum Gasteiger partial charge on any atom is 0.320 e. The van der Waals surface area contributed by atoms with Crippen molar-refractivity contribution >= 4 is 47.4 Å². The number of anilines is 4. The molecule has 0 aliphatic heterocycles. The molecule has 4 saturated carbocycles. The summed E-state index contributed by atoms with van der Waals surface area (Å²) in [5.41, 5.74) is 27.0. The zero-order valence-electron chi connectivity index (χ0n) is 86.4. The molecule has 4 aliphatic rings. The summed E-state index contributed by atoms with van der Waals surface area (Å²) in [5, 5.41) is 52.3. The van der Waals surface area contributed by atoms with Crippen molar-refractivity contribution in [2.24, 2.45) is 20.0 Å². The fraction of sp³-hybridized carbons (Fsp3) is 0.319. The summed E-state index contributed by atoms with van der Waals surface area (Å²) in [6.07, 6.45) is 26.1. The second-order valence-electron chi connectivity index (χ2n) is 38.3. The standard InChI is InChI=1S/C31H35N5O2.C30H34N6O2.C28H32N6O3.C27H30N6O2/c1-21-13-15-25(18-32-21)29-22(2)30(36(35-29)27-11-5-4-6-12-27)34-31(37)33-19-26-17-23(20-38-3)14-16-28(26)24-9-7-8-10-24;1-19-28(25-17-31-21(3)32-18-25)35-36(26-11-6-5-7-12-26)29(19)34-30(37)33-16-24-15-23(20(2)38-4)13-14-27(24)22-9-8-10-22;1-19-26(23-15-30-33(2)16-23)32-34(24-7-5-4-6-8-24)27(19)31-28(35)29-14-22-13-21(17-36-3)11-12-25(22)37-18-20-9-10-20;1-18-25(22-15-29-32(2)16-22)31-33(23-7-5-4-6-8-23)26(18)30-27(34)28-14-21-13-19(17-35-3)9-12-24(21)20-10-11-20/h4-6,11-18,24H,7-10,19-20H2,1-3H3,(H2,33,34,37);5-7,11-15,17-18,20,22H,8-10,16H2,1-4H3,(H2,33,34,37);4-8,11-13,15-16,20H,9-10,14,17-18H2,1-3H3,(H2,29,31,35);4-9,12-13,15-16,20H,10-11,14,17H2,1-3H3,(H2,28,30,34). The zero-order chi connectivity index (χ0) is 103. The Kier molecular flexibility index (Phi) is 34.1. The van der Waals surface area contributed by atoms with Crippen molar-refractivity contribution in [1.29, 1.82) is 0 Å². The molecule has 764 valence electrons. The Morgan fingerprint density at radius 2 is 0.716 bits per heavy atom. The fourth-order valence-corrected chi connectivity index (χ4v) is 18.7. The molecular weight excluding hydrogens is 1860 g/mol. The lowest BCUT2D eigenvalue weighted by atomic mass is 9.77. The number of aryl methyl sites for hydroxylation is 4. The van der Waals surface area contributed by atoms with E-state index in [1.165, 1.54) is 87.3 Å². The number of para-hydroxylation sites is 4. The number of nitrogens with zero attached hydrogens (tertiary/aromatic N) is 15. The first-order valence-electron chi connectivity index (χ1n) is 50.6. The van der Waals surface area contributed by atoms with Gasteiger partial charge in [-0.2, -0.15) is 30.6 Å². The summed E-state index contributed by atoms with van der Waals surface area (Å²) in [5.74, 6) is 6.28. The number of pyridine rings is 1. The number of aromatic nitrogens is 15. The van der Waals surface area contributed by atoms with Crippen LogP contribution in [0.25, 0.3) is 67.8 Å². The van der Waals surface area contributed by atoms with Gasteiger partial charge in [0.25, 0.3) is 0 Å². The third kappa shape index (κ3) is 25.9. The van der Waals surface area contributed by atoms with Crippen molar-refractivity contribution in [3.8, 4) is 73.5 Å². The minimum atomic E-state index is -0.330. The lowest BCUT2D eigenvalue weighted by Crippen LogP contribution is -2.30. The van der Waals surface area contributed by atoms with Crippen LogP contribution in [0.3, 0.4) is 0 Å². The molecule has 4 fully saturated rings. The Hall–Kier alpha value is -16.0. The molecule has 0 radical (unpaired) electrons. The number of ether oxygens (including phenoxy) is 5. The average molecular weight is 1990 g/mol. The van der Waals surface area contributed by atoms with E-state index in [1.807, 2.05) is 233 Å². The summed E-state index contributed by atoms with van der Waals surface area (Å²) in [6, 6.07) is 67.3. The van der Waals surface area contributed by atoms with Crippen molar-refractivity contribution < 1.29 is 42.9 Å².